The van der Waals surface area contributed by atoms with Gasteiger partial charge in [0.25, 0.3) is 0 Å². The molecule has 7 rings (SSSR count). The number of phosphoric ester groups is 2. The Bertz CT molecular complexity index is 1830. The highest BCUT2D eigenvalue weighted by Crippen LogP contribution is 2.54. The molecular weight excluding hydrogens is 640 g/mol. The molecule has 0 aliphatic carbocycles. The molecule has 4 aromatic rings. The molecule has 7 heterocycles. The van der Waals surface area contributed by atoms with E-state index in [1.54, 1.807) is 0 Å². The summed E-state index contributed by atoms with van der Waals surface area (Å²) in [5.74, 6) is -0.00962. The molecule has 10 atom stereocenters. The van der Waals surface area contributed by atoms with Crippen molar-refractivity contribution in [2.45, 2.75) is 49.2 Å². The first-order chi connectivity index (χ1) is 20.9. The molecule has 2 unspecified atom stereocenters. The predicted octanol–water partition coefficient (Wildman–Crippen LogP) is 0.320. The van der Waals surface area contributed by atoms with E-state index in [0.717, 1.165) is 29.9 Å². The lowest BCUT2D eigenvalue weighted by Gasteiger charge is -2.25. The van der Waals surface area contributed by atoms with Crippen LogP contribution in [0.4, 0.5) is 20.4 Å². The first-order valence-electron chi connectivity index (χ1n) is 12.7. The number of anilines is 2. The molecule has 0 radical (unpaired) electrons. The number of nitrogens with two attached hydrogens (primary N) is 2. The molecule has 236 valence electrons. The number of fused-ring (bicyclic) bond motifs is 5. The summed E-state index contributed by atoms with van der Waals surface area (Å²) in [5.41, 5.74) is 12.0. The molecule has 44 heavy (non-hydrogen) atoms. The van der Waals surface area contributed by atoms with Crippen molar-refractivity contribution in [2.75, 3.05) is 24.7 Å². The number of phosphoric acid groups is 2. The maximum Gasteiger partial charge on any atom is 0.472 e. The standard InChI is InChI=1S/C20H22F2N10O10P2/c21-9-7-1-37-43(33,34)41-13-8(40-19(10(13)22)31-5-29-11-15(23)25-3-27-17(11)31)2-38-44(35,36)42-14(9)20(39-7)32-6-30-12-16(24)26-4-28-18(12)32/h3-10,13-14,19-20H,1-2H2,(H,33,34)(H,35,36)(H2,23,25,27)(H2,24,26,28)/t7-,8-,9-,10-,13-,14-,19-,20-/m0/s1. The van der Waals surface area contributed by atoms with Gasteiger partial charge in [-0.3, -0.25) is 27.2 Å². The first kappa shape index (κ1) is 29.4. The van der Waals surface area contributed by atoms with Gasteiger partial charge in [0.2, 0.25) is 0 Å². The Morgan fingerprint density at radius 1 is 0.727 bits per heavy atom. The van der Waals surface area contributed by atoms with Crippen molar-refractivity contribution in [3.63, 3.8) is 0 Å². The lowest BCUT2D eigenvalue weighted by molar-refractivity contribution is -0.0669. The van der Waals surface area contributed by atoms with Gasteiger partial charge in [-0.2, -0.15) is 0 Å². The van der Waals surface area contributed by atoms with Crippen LogP contribution in [0, 0.1) is 0 Å². The molecule has 24 heteroatoms. The molecule has 0 aromatic carbocycles. The molecule has 4 aromatic heterocycles. The third-order valence-corrected chi connectivity index (χ3v) is 9.14. The number of hydrogen-bond donors (Lipinski definition) is 4. The van der Waals surface area contributed by atoms with Crippen molar-refractivity contribution in [1.82, 2.24) is 39.0 Å². The van der Waals surface area contributed by atoms with Gasteiger partial charge in [-0.25, -0.2) is 47.8 Å². The summed E-state index contributed by atoms with van der Waals surface area (Å²) in [5, 5.41) is 0. The highest BCUT2D eigenvalue weighted by atomic mass is 31.2. The van der Waals surface area contributed by atoms with Crippen molar-refractivity contribution in [3.8, 4) is 0 Å². The molecule has 0 amide bonds. The highest BCUT2D eigenvalue weighted by molar-refractivity contribution is 7.47. The molecule has 0 spiro atoms. The van der Waals surface area contributed by atoms with Crippen LogP contribution in [0.1, 0.15) is 12.5 Å². The van der Waals surface area contributed by atoms with Gasteiger partial charge in [-0.15, -0.1) is 0 Å². The Kier molecular flexibility index (Phi) is 7.12. The fourth-order valence-corrected chi connectivity index (χ4v) is 7.04. The maximum atomic E-state index is 15.8. The number of imidazole rings is 2. The highest BCUT2D eigenvalue weighted by Gasteiger charge is 2.55. The lowest BCUT2D eigenvalue weighted by atomic mass is 10.1. The van der Waals surface area contributed by atoms with Crippen molar-refractivity contribution >= 4 is 49.6 Å². The van der Waals surface area contributed by atoms with Gasteiger partial charge >= 0.3 is 15.6 Å². The molecule has 20 nitrogen and oxygen atoms in total. The zero-order valence-corrected chi connectivity index (χ0v) is 23.7. The Balaban J connectivity index is 1.20. The third-order valence-electron chi connectivity index (χ3n) is 7.17. The van der Waals surface area contributed by atoms with Gasteiger partial charge in [-0.05, 0) is 0 Å². The van der Waals surface area contributed by atoms with Crippen LogP contribution in [0.15, 0.2) is 25.3 Å². The molecule has 6 N–H and O–H groups in total. The Morgan fingerprint density at radius 3 is 1.82 bits per heavy atom. The summed E-state index contributed by atoms with van der Waals surface area (Å²) >= 11 is 0. The summed E-state index contributed by atoms with van der Waals surface area (Å²) < 4.78 is 91.6. The zero-order chi connectivity index (χ0) is 31.0. The van der Waals surface area contributed by atoms with Gasteiger partial charge in [0, 0.05) is 0 Å². The minimum Gasteiger partial charge on any atom is -0.382 e. The summed E-state index contributed by atoms with van der Waals surface area (Å²) in [7, 11) is -10.3. The Hall–Kier alpha value is -3.30. The topological polar surface area (TPSA) is 269 Å². The fraction of sp³-hybridized carbons (Fsp3) is 0.500. The number of ether oxygens (including phenoxy) is 2. The van der Waals surface area contributed by atoms with Crippen molar-refractivity contribution < 1.29 is 55.3 Å². The predicted molar refractivity (Wildman–Crippen MR) is 138 cm³/mol. The number of rotatable bonds is 2. The van der Waals surface area contributed by atoms with Crippen LogP contribution in [0.3, 0.4) is 0 Å². The van der Waals surface area contributed by atoms with E-state index < -0.39 is 78.1 Å². The van der Waals surface area contributed by atoms with Gasteiger partial charge in [0.05, 0.1) is 25.9 Å². The van der Waals surface area contributed by atoms with E-state index in [-0.39, 0.29) is 34.0 Å². The molecule has 3 fully saturated rings. The van der Waals surface area contributed by atoms with E-state index in [4.69, 9.17) is 39.0 Å². The third kappa shape index (κ3) is 5.02. The number of halogens is 2. The number of aromatic nitrogens is 8. The summed E-state index contributed by atoms with van der Waals surface area (Å²) in [4.78, 5) is 44.9. The van der Waals surface area contributed by atoms with Gasteiger partial charge < -0.3 is 30.7 Å². The van der Waals surface area contributed by atoms with Crippen LogP contribution in [0.5, 0.6) is 0 Å². The van der Waals surface area contributed by atoms with Crippen LogP contribution in [-0.2, 0) is 36.7 Å². The van der Waals surface area contributed by atoms with Crippen LogP contribution >= 0.6 is 15.6 Å². The monoisotopic (exact) mass is 662 g/mol. The van der Waals surface area contributed by atoms with E-state index in [1.165, 1.54) is 4.57 Å². The summed E-state index contributed by atoms with van der Waals surface area (Å²) in [6, 6.07) is 0. The molecule has 3 aliphatic heterocycles. The normalized spacial score (nSPS) is 38.3. The Morgan fingerprint density at radius 2 is 1.23 bits per heavy atom. The molecule has 0 saturated carbocycles. The average Bonchev–Trinajstić information content (AvgIpc) is 3.73. The molecule has 2 bridgehead atoms. The number of alkyl halides is 2. The SMILES string of the molecule is Nc1ncnc2c1ncn2[C@H]1O[C@H]2COP(=O)(O)O[C@H]3[C@@H](F)[C@H](COP(=O)(O)O[C@@H]2[C@@H]1F)O[C@@H]3n1cnc2c(N)ncnc21. The smallest absolute Gasteiger partial charge is 0.382 e. The summed E-state index contributed by atoms with van der Waals surface area (Å²) in [6.45, 7) is -1.85. The molecule has 3 aliphatic rings. The minimum absolute atomic E-state index is 0.00292. The molecule has 3 saturated heterocycles. The van der Waals surface area contributed by atoms with Crippen LogP contribution in [0.2, 0.25) is 0 Å². The van der Waals surface area contributed by atoms with Crippen molar-refractivity contribution in [2.24, 2.45) is 0 Å². The fourth-order valence-electron chi connectivity index (χ4n) is 5.16. The number of nitrogen functional groups attached to an aromatic ring is 2. The molecular formula is C20H22F2N10O10P2. The van der Waals surface area contributed by atoms with Crippen molar-refractivity contribution in [1.29, 1.82) is 0 Å². The van der Waals surface area contributed by atoms with Crippen LogP contribution in [-0.4, -0.2) is 98.8 Å². The van der Waals surface area contributed by atoms with Crippen LogP contribution < -0.4 is 11.5 Å². The zero-order valence-electron chi connectivity index (χ0n) is 21.9. The lowest BCUT2D eigenvalue weighted by Crippen LogP contribution is -2.34. The Labute approximate surface area is 243 Å². The van der Waals surface area contributed by atoms with Crippen molar-refractivity contribution in [3.05, 3.63) is 25.3 Å². The second-order valence-corrected chi connectivity index (χ2v) is 12.7. The minimum atomic E-state index is -5.17. The van der Waals surface area contributed by atoms with E-state index in [2.05, 4.69) is 29.9 Å². The van der Waals surface area contributed by atoms with E-state index >= 15 is 8.78 Å². The first-order valence-corrected chi connectivity index (χ1v) is 15.7. The van der Waals surface area contributed by atoms with E-state index in [1.807, 2.05) is 0 Å². The maximum absolute atomic E-state index is 15.8. The second-order valence-electron chi connectivity index (χ2n) is 9.85. The van der Waals surface area contributed by atoms with Crippen LogP contribution in [0.25, 0.3) is 22.3 Å². The van der Waals surface area contributed by atoms with Gasteiger partial charge in [0.15, 0.2) is 47.7 Å². The summed E-state index contributed by atoms with van der Waals surface area (Å²) in [6.07, 6.45) is -10.0. The van der Waals surface area contributed by atoms with E-state index in [9.17, 15) is 18.9 Å². The number of hydrogen-bond acceptors (Lipinski definition) is 16. The van der Waals surface area contributed by atoms with Gasteiger partial charge in [0.1, 0.15) is 48.1 Å². The largest absolute Gasteiger partial charge is 0.472 e. The quantitative estimate of drug-likeness (QED) is 0.210. The number of nitrogens with zero attached hydrogens (tertiary/aromatic N) is 8. The second kappa shape index (κ2) is 10.7. The van der Waals surface area contributed by atoms with Gasteiger partial charge in [-0.1, -0.05) is 0 Å². The van der Waals surface area contributed by atoms with E-state index in [0.29, 0.717) is 0 Å². The average molecular weight is 662 g/mol.